The third kappa shape index (κ3) is 4.54. The SMILES string of the molecule is COC1CCCC(OCC(CO)NC2CC2)C1. The van der Waals surface area contributed by atoms with Crippen LogP contribution in [0, 0.1) is 0 Å². The van der Waals surface area contributed by atoms with Crippen molar-refractivity contribution in [2.75, 3.05) is 20.3 Å². The number of nitrogens with one attached hydrogen (secondary N) is 1. The van der Waals surface area contributed by atoms with Crippen molar-refractivity contribution in [2.24, 2.45) is 0 Å². The Bertz CT molecular complexity index is 221. The summed E-state index contributed by atoms with van der Waals surface area (Å²) in [6.45, 7) is 0.783. The van der Waals surface area contributed by atoms with Crippen LogP contribution in [0.5, 0.6) is 0 Å². The van der Waals surface area contributed by atoms with E-state index >= 15 is 0 Å². The van der Waals surface area contributed by atoms with E-state index in [9.17, 15) is 5.11 Å². The monoisotopic (exact) mass is 243 g/mol. The van der Waals surface area contributed by atoms with Gasteiger partial charge in [-0.3, -0.25) is 0 Å². The van der Waals surface area contributed by atoms with Gasteiger partial charge in [-0.25, -0.2) is 0 Å². The topological polar surface area (TPSA) is 50.7 Å². The van der Waals surface area contributed by atoms with E-state index in [1.165, 1.54) is 19.3 Å². The summed E-state index contributed by atoms with van der Waals surface area (Å²) in [6.07, 6.45) is 7.61. The molecule has 0 amide bonds. The third-order valence-electron chi connectivity index (χ3n) is 3.71. The molecule has 17 heavy (non-hydrogen) atoms. The zero-order chi connectivity index (χ0) is 12.1. The Kier molecular flexibility index (Phi) is 5.22. The average molecular weight is 243 g/mol. The van der Waals surface area contributed by atoms with Crippen molar-refractivity contribution in [3.05, 3.63) is 0 Å². The number of methoxy groups -OCH3 is 1. The van der Waals surface area contributed by atoms with Crippen LogP contribution >= 0.6 is 0 Å². The van der Waals surface area contributed by atoms with Crippen LogP contribution in [0.4, 0.5) is 0 Å². The molecule has 0 aromatic rings. The minimum Gasteiger partial charge on any atom is -0.395 e. The highest BCUT2D eigenvalue weighted by atomic mass is 16.5. The first-order valence-corrected chi connectivity index (χ1v) is 6.83. The van der Waals surface area contributed by atoms with Crippen molar-refractivity contribution in [3.63, 3.8) is 0 Å². The van der Waals surface area contributed by atoms with Crippen LogP contribution in [0.3, 0.4) is 0 Å². The van der Waals surface area contributed by atoms with Crippen LogP contribution in [-0.4, -0.2) is 49.7 Å². The summed E-state index contributed by atoms with van der Waals surface area (Å²) in [5.74, 6) is 0. The molecule has 3 unspecified atom stereocenters. The Labute approximate surface area is 104 Å². The lowest BCUT2D eigenvalue weighted by atomic mass is 9.95. The molecule has 2 rings (SSSR count). The Morgan fingerprint density at radius 1 is 1.24 bits per heavy atom. The number of hydrogen-bond acceptors (Lipinski definition) is 4. The predicted molar refractivity (Wildman–Crippen MR) is 66.0 cm³/mol. The standard InChI is InChI=1S/C13H25NO3/c1-16-12-3-2-4-13(7-12)17-9-11(8-15)14-10-5-6-10/h10-15H,2-9H2,1H3. The van der Waals surface area contributed by atoms with Gasteiger partial charge in [0, 0.05) is 13.2 Å². The summed E-state index contributed by atoms with van der Waals surface area (Å²) in [5.41, 5.74) is 0. The molecule has 0 spiro atoms. The fourth-order valence-corrected chi connectivity index (χ4v) is 2.46. The molecule has 3 atom stereocenters. The molecule has 2 fully saturated rings. The molecule has 0 aliphatic heterocycles. The maximum absolute atomic E-state index is 9.26. The first-order chi connectivity index (χ1) is 8.31. The molecule has 2 saturated carbocycles. The van der Waals surface area contributed by atoms with E-state index in [1.807, 2.05) is 0 Å². The van der Waals surface area contributed by atoms with Crippen LogP contribution in [0.2, 0.25) is 0 Å². The fraction of sp³-hybridized carbons (Fsp3) is 1.00. The molecule has 0 radical (unpaired) electrons. The summed E-state index contributed by atoms with van der Waals surface area (Å²) in [5, 5.41) is 12.7. The van der Waals surface area contributed by atoms with Gasteiger partial charge in [-0.05, 0) is 38.5 Å². The van der Waals surface area contributed by atoms with E-state index in [0.29, 0.717) is 24.9 Å². The van der Waals surface area contributed by atoms with Crippen LogP contribution in [0.25, 0.3) is 0 Å². The van der Waals surface area contributed by atoms with Crippen molar-refractivity contribution in [3.8, 4) is 0 Å². The van der Waals surface area contributed by atoms with Gasteiger partial charge in [0.05, 0.1) is 31.5 Å². The lowest BCUT2D eigenvalue weighted by Crippen LogP contribution is -2.40. The third-order valence-corrected chi connectivity index (χ3v) is 3.71. The maximum atomic E-state index is 9.26. The molecule has 0 bridgehead atoms. The van der Waals surface area contributed by atoms with Gasteiger partial charge in [0.25, 0.3) is 0 Å². The molecule has 0 heterocycles. The molecule has 0 aromatic carbocycles. The van der Waals surface area contributed by atoms with Gasteiger partial charge in [0.1, 0.15) is 0 Å². The Morgan fingerprint density at radius 2 is 2.00 bits per heavy atom. The Hall–Kier alpha value is -0.160. The van der Waals surface area contributed by atoms with Crippen molar-refractivity contribution in [2.45, 2.75) is 62.8 Å². The predicted octanol–water partition coefficient (Wildman–Crippen LogP) is 1.07. The summed E-state index contributed by atoms with van der Waals surface area (Å²) in [6, 6.07) is 0.722. The van der Waals surface area contributed by atoms with Crippen molar-refractivity contribution in [1.29, 1.82) is 0 Å². The highest BCUT2D eigenvalue weighted by molar-refractivity contribution is 4.85. The lowest BCUT2D eigenvalue weighted by Gasteiger charge is -2.29. The van der Waals surface area contributed by atoms with Crippen molar-refractivity contribution in [1.82, 2.24) is 5.32 Å². The Balaban J connectivity index is 1.64. The normalized spacial score (nSPS) is 31.4. The second-order valence-corrected chi connectivity index (χ2v) is 5.30. The van der Waals surface area contributed by atoms with Gasteiger partial charge in [0.2, 0.25) is 0 Å². The number of hydrogen-bond donors (Lipinski definition) is 2. The molecule has 4 heteroatoms. The summed E-state index contributed by atoms with van der Waals surface area (Å²) >= 11 is 0. The molecule has 0 saturated heterocycles. The summed E-state index contributed by atoms with van der Waals surface area (Å²) in [4.78, 5) is 0. The zero-order valence-electron chi connectivity index (χ0n) is 10.7. The van der Waals surface area contributed by atoms with Gasteiger partial charge in [-0.15, -0.1) is 0 Å². The largest absolute Gasteiger partial charge is 0.395 e. The minimum absolute atomic E-state index is 0.102. The van der Waals surface area contributed by atoms with Crippen LogP contribution in [0.1, 0.15) is 38.5 Å². The number of aliphatic hydroxyl groups excluding tert-OH is 1. The molecule has 2 N–H and O–H groups in total. The van der Waals surface area contributed by atoms with E-state index in [-0.39, 0.29) is 12.6 Å². The molecular formula is C13H25NO3. The molecular weight excluding hydrogens is 218 g/mol. The second kappa shape index (κ2) is 6.69. The first kappa shape index (κ1) is 13.3. The smallest absolute Gasteiger partial charge is 0.0645 e. The molecule has 2 aliphatic rings. The van der Waals surface area contributed by atoms with Gasteiger partial charge in [-0.1, -0.05) is 0 Å². The summed E-state index contributed by atoms with van der Waals surface area (Å²) < 4.78 is 11.3. The highest BCUT2D eigenvalue weighted by Gasteiger charge is 2.26. The van der Waals surface area contributed by atoms with E-state index < -0.39 is 0 Å². The lowest BCUT2D eigenvalue weighted by molar-refractivity contribution is -0.0392. The van der Waals surface area contributed by atoms with Gasteiger partial charge >= 0.3 is 0 Å². The Morgan fingerprint density at radius 3 is 2.65 bits per heavy atom. The fourth-order valence-electron chi connectivity index (χ4n) is 2.46. The van der Waals surface area contributed by atoms with Gasteiger partial charge in [0.15, 0.2) is 0 Å². The second-order valence-electron chi connectivity index (χ2n) is 5.30. The van der Waals surface area contributed by atoms with E-state index in [1.54, 1.807) is 7.11 Å². The summed E-state index contributed by atoms with van der Waals surface area (Å²) in [7, 11) is 1.78. The van der Waals surface area contributed by atoms with Crippen molar-refractivity contribution >= 4 is 0 Å². The number of aliphatic hydroxyl groups is 1. The quantitative estimate of drug-likeness (QED) is 0.702. The van der Waals surface area contributed by atoms with Crippen LogP contribution < -0.4 is 5.32 Å². The van der Waals surface area contributed by atoms with Gasteiger partial charge in [-0.2, -0.15) is 0 Å². The molecule has 4 nitrogen and oxygen atoms in total. The first-order valence-electron chi connectivity index (χ1n) is 6.83. The minimum atomic E-state index is 0.102. The van der Waals surface area contributed by atoms with Gasteiger partial charge < -0.3 is 19.9 Å². The van der Waals surface area contributed by atoms with Crippen molar-refractivity contribution < 1.29 is 14.6 Å². The molecule has 2 aliphatic carbocycles. The number of ether oxygens (including phenoxy) is 2. The van der Waals surface area contributed by atoms with E-state index in [4.69, 9.17) is 9.47 Å². The average Bonchev–Trinajstić information content (AvgIpc) is 3.18. The van der Waals surface area contributed by atoms with Crippen LogP contribution in [-0.2, 0) is 9.47 Å². The van der Waals surface area contributed by atoms with Crippen LogP contribution in [0.15, 0.2) is 0 Å². The highest BCUT2D eigenvalue weighted by Crippen LogP contribution is 2.23. The number of rotatable bonds is 7. The zero-order valence-corrected chi connectivity index (χ0v) is 10.7. The molecule has 100 valence electrons. The van der Waals surface area contributed by atoms with E-state index in [2.05, 4.69) is 5.32 Å². The molecule has 0 aromatic heterocycles. The van der Waals surface area contributed by atoms with E-state index in [0.717, 1.165) is 19.3 Å². The maximum Gasteiger partial charge on any atom is 0.0645 e.